The highest BCUT2D eigenvalue weighted by molar-refractivity contribution is 7.79. The number of rotatable bonds is 0. The van der Waals surface area contributed by atoms with Crippen molar-refractivity contribution in [3.05, 3.63) is 0 Å². The average Bonchev–Trinajstić information content (AvgIpc) is 0.722. The van der Waals surface area contributed by atoms with Crippen LogP contribution in [0.1, 0.15) is 0 Å². The molecule has 0 bridgehead atoms. The Morgan fingerprint density at radius 3 is 0.438 bits per heavy atom. The molecule has 24 N–H and O–H groups in total. The third-order valence-electron chi connectivity index (χ3n) is 0. The first-order valence-electron chi connectivity index (χ1n) is 0.698. The highest BCUT2D eigenvalue weighted by Gasteiger charge is 1.84. The largest absolute Gasteiger partial charge is 0.412 e. The molecule has 0 saturated heterocycles. The first kappa shape index (κ1) is 273. The van der Waals surface area contributed by atoms with Crippen LogP contribution < -0.4 is 0 Å². The molecule has 0 aromatic carbocycles. The average molecular weight is 296 g/mol. The standard InChI is InChI=1S/H2O4S.11H2O/c1-5(2,3)4;;;;;;;;;;;/h(H2,1,2,3,4);11*1H2. The normalized spacial score (nSPS) is 3.62. The van der Waals surface area contributed by atoms with Crippen LogP contribution in [0.5, 0.6) is 0 Å². The summed E-state index contributed by atoms with van der Waals surface area (Å²) in [5.41, 5.74) is 0. The highest BCUT2D eigenvalue weighted by atomic mass is 32.3. The Morgan fingerprint density at radius 2 is 0.438 bits per heavy atom. The van der Waals surface area contributed by atoms with Crippen molar-refractivity contribution in [2.75, 3.05) is 0 Å². The zero-order valence-corrected chi connectivity index (χ0v) is 8.44. The van der Waals surface area contributed by atoms with Crippen LogP contribution in [0, 0.1) is 0 Å². The molecule has 0 atom stereocenters. The van der Waals surface area contributed by atoms with E-state index in [1.165, 1.54) is 0 Å². The Bertz CT molecular complexity index is 88.6. The predicted octanol–water partition coefficient (Wildman–Crippen LogP) is -9.72. The molecule has 0 unspecified atom stereocenters. The van der Waals surface area contributed by atoms with E-state index in [-0.39, 0.29) is 60.2 Å². The Labute approximate surface area is 89.3 Å². The molecule has 120 valence electrons. The second-order valence-corrected chi connectivity index (χ2v) is 1.34. The van der Waals surface area contributed by atoms with Crippen molar-refractivity contribution >= 4 is 10.4 Å². The molecular weight excluding hydrogens is 272 g/mol. The van der Waals surface area contributed by atoms with E-state index >= 15 is 0 Å². The Balaban J connectivity index is -0.00000000145. The van der Waals surface area contributed by atoms with Crippen LogP contribution in [-0.2, 0) is 10.4 Å². The molecule has 0 aromatic rings. The maximum Gasteiger partial charge on any atom is 0.394 e. The molecule has 16 heavy (non-hydrogen) atoms. The van der Waals surface area contributed by atoms with E-state index < -0.39 is 10.4 Å². The molecule has 0 aliphatic heterocycles. The zero-order valence-electron chi connectivity index (χ0n) is 7.62. The molecule has 0 spiro atoms. The van der Waals surface area contributed by atoms with Gasteiger partial charge < -0.3 is 60.2 Å². The molecule has 0 radical (unpaired) electrons. The summed E-state index contributed by atoms with van der Waals surface area (Å²) >= 11 is 0. The van der Waals surface area contributed by atoms with Crippen molar-refractivity contribution in [2.45, 2.75) is 0 Å². The van der Waals surface area contributed by atoms with Crippen LogP contribution in [0.25, 0.3) is 0 Å². The summed E-state index contributed by atoms with van der Waals surface area (Å²) in [6, 6.07) is 0. The molecule has 0 aliphatic carbocycles. The second kappa shape index (κ2) is 88.3. The van der Waals surface area contributed by atoms with E-state index in [0.29, 0.717) is 0 Å². The van der Waals surface area contributed by atoms with Crippen LogP contribution in [0.3, 0.4) is 0 Å². The topological polar surface area (TPSA) is 421 Å². The third kappa shape index (κ3) is 6390. The van der Waals surface area contributed by atoms with E-state index in [2.05, 4.69) is 0 Å². The van der Waals surface area contributed by atoms with Crippen LogP contribution in [0.15, 0.2) is 0 Å². The lowest BCUT2D eigenvalue weighted by atomic mass is 15.8. The Morgan fingerprint density at radius 1 is 0.438 bits per heavy atom. The van der Waals surface area contributed by atoms with Gasteiger partial charge in [-0.05, 0) is 0 Å². The van der Waals surface area contributed by atoms with Crippen LogP contribution in [0.4, 0.5) is 0 Å². The van der Waals surface area contributed by atoms with Crippen molar-refractivity contribution < 1.29 is 77.8 Å². The molecule has 0 aliphatic rings. The van der Waals surface area contributed by atoms with E-state index in [1.54, 1.807) is 0 Å². The maximum atomic E-state index is 8.74. The summed E-state index contributed by atoms with van der Waals surface area (Å²) in [5.74, 6) is 0. The van der Waals surface area contributed by atoms with Gasteiger partial charge in [0.15, 0.2) is 0 Å². The van der Waals surface area contributed by atoms with Crippen LogP contribution in [0.2, 0.25) is 0 Å². The maximum absolute atomic E-state index is 8.74. The van der Waals surface area contributed by atoms with E-state index in [9.17, 15) is 0 Å². The smallest absolute Gasteiger partial charge is 0.394 e. The van der Waals surface area contributed by atoms with Gasteiger partial charge in [-0.2, -0.15) is 8.42 Å². The first-order valence-corrected chi connectivity index (χ1v) is 2.10. The van der Waals surface area contributed by atoms with E-state index in [1.807, 2.05) is 0 Å². The minimum absolute atomic E-state index is 0. The Hall–Kier alpha value is -0.570. The summed E-state index contributed by atoms with van der Waals surface area (Å²) in [5, 5.41) is 0. The van der Waals surface area contributed by atoms with Gasteiger partial charge in [-0.25, -0.2) is 0 Å². The lowest BCUT2D eigenvalue weighted by Gasteiger charge is -1.68. The first-order chi connectivity index (χ1) is 2.00. The second-order valence-electron chi connectivity index (χ2n) is 0.448. The molecular formula is H24O15S. The molecule has 0 aromatic heterocycles. The lowest BCUT2D eigenvalue weighted by molar-refractivity contribution is 0.381. The summed E-state index contributed by atoms with van der Waals surface area (Å²) in [6.45, 7) is 0. The van der Waals surface area contributed by atoms with Gasteiger partial charge >= 0.3 is 10.4 Å². The minimum atomic E-state index is -4.67. The van der Waals surface area contributed by atoms with Crippen molar-refractivity contribution in [1.29, 1.82) is 0 Å². The third-order valence-corrected chi connectivity index (χ3v) is 0. The number of hydrogen-bond acceptors (Lipinski definition) is 2. The summed E-state index contributed by atoms with van der Waals surface area (Å²) in [6.07, 6.45) is 0. The van der Waals surface area contributed by atoms with Crippen LogP contribution >= 0.6 is 0 Å². The van der Waals surface area contributed by atoms with E-state index in [4.69, 9.17) is 17.5 Å². The molecule has 16 heteroatoms. The molecule has 0 heterocycles. The molecule has 0 rings (SSSR count). The fourth-order valence-corrected chi connectivity index (χ4v) is 0. The van der Waals surface area contributed by atoms with Crippen molar-refractivity contribution in [3.8, 4) is 0 Å². The fraction of sp³-hybridized carbons (Fsp3) is 0. The molecule has 15 nitrogen and oxygen atoms in total. The fourth-order valence-electron chi connectivity index (χ4n) is 0. The molecule has 0 saturated carbocycles. The van der Waals surface area contributed by atoms with Gasteiger partial charge in [-0.3, -0.25) is 9.11 Å². The number of hydrogen-bond donors (Lipinski definition) is 2. The van der Waals surface area contributed by atoms with Gasteiger partial charge in [-0.15, -0.1) is 0 Å². The SMILES string of the molecule is O.O.O.O.O.O.O.O.O.O.O.O=S(=O)(O)O. The highest BCUT2D eigenvalue weighted by Crippen LogP contribution is 1.59. The van der Waals surface area contributed by atoms with Gasteiger partial charge in [0.1, 0.15) is 0 Å². The predicted molar refractivity (Wildman–Crippen MR) is 53.9 cm³/mol. The minimum Gasteiger partial charge on any atom is -0.412 e. The summed E-state index contributed by atoms with van der Waals surface area (Å²) in [7, 11) is -4.67. The van der Waals surface area contributed by atoms with Gasteiger partial charge in [0.25, 0.3) is 0 Å². The monoisotopic (exact) mass is 296 g/mol. The van der Waals surface area contributed by atoms with Gasteiger partial charge in [0.2, 0.25) is 0 Å². The summed E-state index contributed by atoms with van der Waals surface area (Å²) < 4.78 is 31.6. The quantitative estimate of drug-likeness (QED) is 0.410. The molecule has 0 fully saturated rings. The van der Waals surface area contributed by atoms with Gasteiger partial charge in [0, 0.05) is 0 Å². The molecule has 0 amide bonds. The van der Waals surface area contributed by atoms with Gasteiger partial charge in [-0.1, -0.05) is 0 Å². The summed E-state index contributed by atoms with van der Waals surface area (Å²) in [4.78, 5) is 0. The van der Waals surface area contributed by atoms with E-state index in [0.717, 1.165) is 0 Å². The van der Waals surface area contributed by atoms with Gasteiger partial charge in [0.05, 0.1) is 0 Å². The van der Waals surface area contributed by atoms with Crippen molar-refractivity contribution in [3.63, 3.8) is 0 Å². The van der Waals surface area contributed by atoms with Crippen molar-refractivity contribution in [1.82, 2.24) is 0 Å². The Kier molecular flexibility index (Phi) is 1510. The zero-order chi connectivity index (χ0) is 4.50. The lowest BCUT2D eigenvalue weighted by Crippen LogP contribution is -1.89. The van der Waals surface area contributed by atoms with Crippen LogP contribution in [-0.4, -0.2) is 77.8 Å². The van der Waals surface area contributed by atoms with Crippen molar-refractivity contribution in [2.24, 2.45) is 0 Å².